The van der Waals surface area contributed by atoms with E-state index in [2.05, 4.69) is 15.9 Å². The molecule has 1 saturated heterocycles. The second-order valence-corrected chi connectivity index (χ2v) is 6.37. The summed E-state index contributed by atoms with van der Waals surface area (Å²) in [6, 6.07) is 0.998. The van der Waals surface area contributed by atoms with E-state index in [0.29, 0.717) is 18.7 Å². The maximum absolute atomic E-state index is 12.7. The topological polar surface area (TPSA) is 71.8 Å². The molecular formula is C14H19BrN2O4. The number of hydrogen-bond donors (Lipinski definition) is 1. The average molecular weight is 359 g/mol. The third-order valence-corrected chi connectivity index (χ3v) is 4.17. The Morgan fingerprint density at radius 2 is 2.14 bits per heavy atom. The molecule has 2 heterocycles. The fraction of sp³-hybridized carbons (Fsp3) is 0.571. The van der Waals surface area contributed by atoms with Crippen LogP contribution in [0.15, 0.2) is 16.7 Å². The highest BCUT2D eigenvalue weighted by Gasteiger charge is 2.41. The molecule has 1 fully saturated rings. The molecule has 2 rings (SSSR count). The Balaban J connectivity index is 2.32. The van der Waals surface area contributed by atoms with Gasteiger partial charge in [-0.05, 0) is 35.8 Å². The lowest BCUT2D eigenvalue weighted by molar-refractivity contribution is -0.141. The normalized spacial score (nSPS) is 22.0. The van der Waals surface area contributed by atoms with Crippen molar-refractivity contribution in [3.8, 4) is 0 Å². The van der Waals surface area contributed by atoms with Crippen molar-refractivity contribution in [3.63, 3.8) is 0 Å². The van der Waals surface area contributed by atoms with E-state index in [1.54, 1.807) is 6.07 Å². The number of rotatable bonds is 4. The Hall–Kier alpha value is -1.34. The van der Waals surface area contributed by atoms with Gasteiger partial charge >= 0.3 is 5.97 Å². The number of ether oxygens (including phenoxy) is 1. The predicted octanol–water partition coefficient (Wildman–Crippen LogP) is 2.15. The number of methoxy groups -OCH3 is 1. The second-order valence-electron chi connectivity index (χ2n) is 5.45. The first-order valence-corrected chi connectivity index (χ1v) is 7.58. The highest BCUT2D eigenvalue weighted by Crippen LogP contribution is 2.26. The summed E-state index contributed by atoms with van der Waals surface area (Å²) >= 11 is 3.37. The van der Waals surface area contributed by atoms with Crippen LogP contribution in [0.4, 0.5) is 0 Å². The lowest BCUT2D eigenvalue weighted by Gasteiger charge is -2.23. The average Bonchev–Trinajstić information content (AvgIpc) is 3.01. The smallest absolute Gasteiger partial charge is 0.326 e. The van der Waals surface area contributed by atoms with Crippen molar-refractivity contribution in [1.29, 1.82) is 0 Å². The van der Waals surface area contributed by atoms with E-state index in [9.17, 15) is 14.7 Å². The van der Waals surface area contributed by atoms with E-state index in [1.807, 2.05) is 24.6 Å². The van der Waals surface area contributed by atoms with Crippen molar-refractivity contribution in [2.45, 2.75) is 38.5 Å². The molecule has 0 aliphatic carbocycles. The van der Waals surface area contributed by atoms with E-state index in [4.69, 9.17) is 4.74 Å². The zero-order valence-corrected chi connectivity index (χ0v) is 13.8. The summed E-state index contributed by atoms with van der Waals surface area (Å²) in [7, 11) is 1.53. The van der Waals surface area contributed by atoms with Crippen molar-refractivity contribution < 1.29 is 19.4 Å². The van der Waals surface area contributed by atoms with Gasteiger partial charge in [-0.1, -0.05) is 0 Å². The summed E-state index contributed by atoms with van der Waals surface area (Å²) in [5.74, 6) is -1.27. The molecule has 2 unspecified atom stereocenters. The number of carbonyl (C=O) groups is 2. The predicted molar refractivity (Wildman–Crippen MR) is 80.4 cm³/mol. The lowest BCUT2D eigenvalue weighted by Crippen LogP contribution is -2.41. The highest BCUT2D eigenvalue weighted by atomic mass is 79.9. The van der Waals surface area contributed by atoms with Gasteiger partial charge in [-0.25, -0.2) is 4.79 Å². The number of carbonyl (C=O) groups excluding carboxylic acids is 1. The SMILES string of the molecule is COC1CC(C(=O)O)N(C(=O)c2cc(Br)cn2C(C)C)C1. The Labute approximate surface area is 131 Å². The van der Waals surface area contributed by atoms with Crippen molar-refractivity contribution in [3.05, 3.63) is 22.4 Å². The summed E-state index contributed by atoms with van der Waals surface area (Å²) in [6.07, 6.45) is 1.92. The van der Waals surface area contributed by atoms with Crippen LogP contribution in [0.2, 0.25) is 0 Å². The highest BCUT2D eigenvalue weighted by molar-refractivity contribution is 9.10. The number of likely N-dealkylation sites (tertiary alicyclic amines) is 1. The first-order chi connectivity index (χ1) is 9.85. The van der Waals surface area contributed by atoms with Gasteiger partial charge in [0.2, 0.25) is 0 Å². The molecule has 6 nitrogen and oxygen atoms in total. The van der Waals surface area contributed by atoms with Crippen LogP contribution in [0.3, 0.4) is 0 Å². The molecule has 0 saturated carbocycles. The molecule has 1 aliphatic rings. The largest absolute Gasteiger partial charge is 0.480 e. The van der Waals surface area contributed by atoms with Gasteiger partial charge in [-0.3, -0.25) is 4.79 Å². The molecule has 1 aromatic heterocycles. The summed E-state index contributed by atoms with van der Waals surface area (Å²) < 4.78 is 7.86. The van der Waals surface area contributed by atoms with Crippen molar-refractivity contribution in [1.82, 2.24) is 9.47 Å². The molecule has 0 radical (unpaired) electrons. The van der Waals surface area contributed by atoms with Gasteiger partial charge in [-0.2, -0.15) is 0 Å². The molecule has 1 aliphatic heterocycles. The molecule has 7 heteroatoms. The maximum Gasteiger partial charge on any atom is 0.326 e. The van der Waals surface area contributed by atoms with Gasteiger partial charge in [0, 0.05) is 36.8 Å². The molecule has 0 bridgehead atoms. The molecule has 0 spiro atoms. The number of carboxylic acid groups (broad SMARTS) is 1. The Bertz CT molecular complexity index is 555. The molecule has 1 N–H and O–H groups in total. The number of aliphatic carboxylic acids is 1. The number of nitrogens with zero attached hydrogens (tertiary/aromatic N) is 2. The molecular weight excluding hydrogens is 340 g/mol. The Kier molecular flexibility index (Phi) is 4.73. The quantitative estimate of drug-likeness (QED) is 0.894. The minimum absolute atomic E-state index is 0.111. The summed E-state index contributed by atoms with van der Waals surface area (Å²) in [6.45, 7) is 4.24. The third kappa shape index (κ3) is 3.13. The van der Waals surface area contributed by atoms with E-state index in [1.165, 1.54) is 12.0 Å². The van der Waals surface area contributed by atoms with Crippen molar-refractivity contribution in [2.75, 3.05) is 13.7 Å². The fourth-order valence-corrected chi connectivity index (χ4v) is 3.06. The van der Waals surface area contributed by atoms with Crippen LogP contribution in [0.1, 0.15) is 36.8 Å². The van der Waals surface area contributed by atoms with Gasteiger partial charge in [-0.15, -0.1) is 0 Å². The molecule has 1 amide bonds. The van der Waals surface area contributed by atoms with E-state index < -0.39 is 12.0 Å². The molecule has 21 heavy (non-hydrogen) atoms. The molecule has 2 atom stereocenters. The van der Waals surface area contributed by atoms with E-state index in [-0.39, 0.29) is 18.1 Å². The van der Waals surface area contributed by atoms with Gasteiger partial charge in [0.25, 0.3) is 5.91 Å². The van der Waals surface area contributed by atoms with Gasteiger partial charge < -0.3 is 19.3 Å². The van der Waals surface area contributed by atoms with Crippen LogP contribution < -0.4 is 0 Å². The summed E-state index contributed by atoms with van der Waals surface area (Å²) in [4.78, 5) is 25.5. The number of hydrogen-bond acceptors (Lipinski definition) is 3. The minimum Gasteiger partial charge on any atom is -0.480 e. The maximum atomic E-state index is 12.7. The molecule has 0 aromatic carbocycles. The van der Waals surface area contributed by atoms with Crippen LogP contribution in [-0.2, 0) is 9.53 Å². The Morgan fingerprint density at radius 3 is 2.67 bits per heavy atom. The summed E-state index contributed by atoms with van der Waals surface area (Å²) in [5.41, 5.74) is 0.486. The van der Waals surface area contributed by atoms with Crippen LogP contribution in [0.25, 0.3) is 0 Å². The Morgan fingerprint density at radius 1 is 1.48 bits per heavy atom. The molecule has 1 aromatic rings. The van der Waals surface area contributed by atoms with Gasteiger partial charge in [0.1, 0.15) is 11.7 Å². The fourth-order valence-electron chi connectivity index (χ4n) is 2.62. The van der Waals surface area contributed by atoms with Gasteiger partial charge in [0.05, 0.1) is 6.10 Å². The van der Waals surface area contributed by atoms with Gasteiger partial charge in [0.15, 0.2) is 0 Å². The second kappa shape index (κ2) is 6.19. The number of amides is 1. The van der Waals surface area contributed by atoms with Crippen LogP contribution in [0, 0.1) is 0 Å². The van der Waals surface area contributed by atoms with Crippen LogP contribution in [-0.4, -0.2) is 52.3 Å². The van der Waals surface area contributed by atoms with E-state index in [0.717, 1.165) is 4.47 Å². The van der Waals surface area contributed by atoms with Crippen molar-refractivity contribution >= 4 is 27.8 Å². The van der Waals surface area contributed by atoms with Crippen LogP contribution >= 0.6 is 15.9 Å². The van der Waals surface area contributed by atoms with E-state index >= 15 is 0 Å². The number of halogens is 1. The monoisotopic (exact) mass is 358 g/mol. The number of carboxylic acids is 1. The zero-order valence-electron chi connectivity index (χ0n) is 12.2. The minimum atomic E-state index is -0.996. The third-order valence-electron chi connectivity index (χ3n) is 3.73. The van der Waals surface area contributed by atoms with Crippen LogP contribution in [0.5, 0.6) is 0 Å². The number of aromatic nitrogens is 1. The van der Waals surface area contributed by atoms with Crippen molar-refractivity contribution in [2.24, 2.45) is 0 Å². The first-order valence-electron chi connectivity index (χ1n) is 6.79. The zero-order chi connectivity index (χ0) is 15.7. The molecule has 116 valence electrons. The lowest BCUT2D eigenvalue weighted by atomic mass is 10.2. The standard InChI is InChI=1S/C14H19BrN2O4/c1-8(2)16-6-9(15)4-11(16)13(18)17-7-10(21-3)5-12(17)14(19)20/h4,6,8,10,12H,5,7H2,1-3H3,(H,19,20). The first kappa shape index (κ1) is 16.0. The summed E-state index contributed by atoms with van der Waals surface area (Å²) in [5, 5.41) is 9.31.